The van der Waals surface area contributed by atoms with Gasteiger partial charge in [-0.3, -0.25) is 9.69 Å². The van der Waals surface area contributed by atoms with Crippen LogP contribution < -0.4 is 33.5 Å². The number of ether oxygens (including phenoxy) is 6. The second kappa shape index (κ2) is 19.3. The van der Waals surface area contributed by atoms with Gasteiger partial charge < -0.3 is 38.2 Å². The van der Waals surface area contributed by atoms with Gasteiger partial charge in [0, 0.05) is 84.3 Å². The van der Waals surface area contributed by atoms with Gasteiger partial charge in [0.1, 0.15) is 52.9 Å². The first-order valence-electron chi connectivity index (χ1n) is 22.1. The maximum atomic E-state index is 17.7. The minimum absolute atomic E-state index is 0.00359. The Morgan fingerprint density at radius 1 is 0.864 bits per heavy atom. The summed E-state index contributed by atoms with van der Waals surface area (Å²) < 4.78 is 67.4. The minimum atomic E-state index is -0.943. The van der Waals surface area contributed by atoms with E-state index < -0.39 is 17.5 Å². The van der Waals surface area contributed by atoms with Gasteiger partial charge >= 0.3 is 12.0 Å². The highest BCUT2D eigenvalue weighted by Gasteiger charge is 2.49. The van der Waals surface area contributed by atoms with E-state index in [0.29, 0.717) is 110 Å². The lowest BCUT2D eigenvalue weighted by Crippen LogP contribution is -2.43. The molecule has 3 aliphatic rings. The fourth-order valence-electron chi connectivity index (χ4n) is 9.92. The third kappa shape index (κ3) is 8.82. The third-order valence-electron chi connectivity index (χ3n) is 13.3. The zero-order valence-corrected chi connectivity index (χ0v) is 39.3. The molecule has 0 N–H and O–H groups in total. The van der Waals surface area contributed by atoms with Crippen LogP contribution in [0.25, 0.3) is 32.2 Å². The zero-order valence-electron chi connectivity index (χ0n) is 37.7. The van der Waals surface area contributed by atoms with E-state index in [-0.39, 0.29) is 40.6 Å². The fraction of sp³-hybridized carbons (Fsp3) is 0.429. The number of pyridine rings is 1. The molecule has 3 aliphatic heterocycles. The lowest BCUT2D eigenvalue weighted by atomic mass is 9.95. The maximum absolute atomic E-state index is 17.7. The molecule has 66 heavy (non-hydrogen) atoms. The van der Waals surface area contributed by atoms with Crippen molar-refractivity contribution in [3.05, 3.63) is 81.9 Å². The van der Waals surface area contributed by atoms with E-state index in [9.17, 15) is 9.18 Å². The largest absolute Gasteiger partial charge is 0.497 e. The summed E-state index contributed by atoms with van der Waals surface area (Å²) in [4.78, 5) is 33.8. The molecule has 0 aliphatic carbocycles. The minimum Gasteiger partial charge on any atom is -0.497 e. The number of aromatic nitrogens is 3. The van der Waals surface area contributed by atoms with Gasteiger partial charge in [-0.15, -0.1) is 11.3 Å². The number of carbonyl (C=O) groups is 1. The number of anilines is 2. The number of hydrogen-bond donors (Lipinski definition) is 0. The molecule has 3 saturated heterocycles. The van der Waals surface area contributed by atoms with E-state index in [1.165, 1.54) is 18.4 Å². The summed E-state index contributed by atoms with van der Waals surface area (Å²) in [6.45, 7) is 3.14. The molecule has 3 atom stereocenters. The van der Waals surface area contributed by atoms with Crippen molar-refractivity contribution in [3.63, 3.8) is 0 Å². The summed E-state index contributed by atoms with van der Waals surface area (Å²) in [5.74, 6) is 2.52. The van der Waals surface area contributed by atoms with Crippen LogP contribution in [-0.4, -0.2) is 106 Å². The van der Waals surface area contributed by atoms with Crippen LogP contribution in [0.2, 0.25) is 5.02 Å². The summed E-state index contributed by atoms with van der Waals surface area (Å²) in [6.07, 6.45) is 3.02. The van der Waals surface area contributed by atoms with E-state index in [4.69, 9.17) is 55.0 Å². The van der Waals surface area contributed by atoms with Crippen molar-refractivity contribution in [1.82, 2.24) is 19.9 Å². The quantitative estimate of drug-likeness (QED) is 0.0910. The fourth-order valence-corrected chi connectivity index (χ4v) is 11.1. The van der Waals surface area contributed by atoms with Crippen LogP contribution in [0.15, 0.2) is 60.0 Å². The third-order valence-corrected chi connectivity index (χ3v) is 14.6. The van der Waals surface area contributed by atoms with Crippen molar-refractivity contribution in [2.24, 2.45) is 5.92 Å². The Bertz CT molecular complexity index is 2710. The molecule has 0 radical (unpaired) electrons. The number of methoxy groups -OCH3 is 5. The Morgan fingerprint density at radius 3 is 2.27 bits per heavy atom. The highest BCUT2D eigenvalue weighted by Crippen LogP contribution is 2.45. The molecule has 0 amide bonds. The molecule has 17 heteroatoms. The summed E-state index contributed by atoms with van der Waals surface area (Å²) in [7, 11) is 7.86. The number of fused-ring (bicyclic) bond motifs is 3. The molecule has 3 aromatic heterocycles. The van der Waals surface area contributed by atoms with Crippen LogP contribution in [0.3, 0.4) is 0 Å². The number of rotatable bonds is 15. The molecule has 3 aromatic carbocycles. The number of alkyl halides is 1. The number of carbonyl (C=O) groups excluding carboxylic acids is 1. The first-order valence-corrected chi connectivity index (χ1v) is 23.4. The van der Waals surface area contributed by atoms with E-state index in [0.717, 1.165) is 35.2 Å². The van der Waals surface area contributed by atoms with Crippen molar-refractivity contribution < 1.29 is 42.0 Å². The Balaban J connectivity index is 1.14. The van der Waals surface area contributed by atoms with Crippen LogP contribution in [0.5, 0.6) is 29.0 Å². The van der Waals surface area contributed by atoms with Gasteiger partial charge in [-0.05, 0) is 81.1 Å². The monoisotopic (exact) mass is 942 g/mol. The molecular formula is C49H53ClF2N6O7S. The Hall–Kier alpha value is -5.71. The molecule has 3 fully saturated rings. The molecule has 0 bridgehead atoms. The van der Waals surface area contributed by atoms with Crippen molar-refractivity contribution in [1.29, 1.82) is 0 Å². The second-order valence-corrected chi connectivity index (χ2v) is 18.5. The lowest BCUT2D eigenvalue weighted by Gasteiger charge is -2.31. The van der Waals surface area contributed by atoms with Gasteiger partial charge in [0.25, 0.3) is 0 Å². The van der Waals surface area contributed by atoms with E-state index in [1.54, 1.807) is 34.5 Å². The average molecular weight is 944 g/mol. The molecule has 13 nitrogen and oxygen atoms in total. The zero-order chi connectivity index (χ0) is 46.1. The van der Waals surface area contributed by atoms with Crippen molar-refractivity contribution in [2.45, 2.75) is 63.3 Å². The number of hydrogen-bond acceptors (Lipinski definition) is 14. The topological polar surface area (TPSA) is 121 Å². The average Bonchev–Trinajstić information content (AvgIpc) is 3.95. The molecule has 6 heterocycles. The number of benzene rings is 3. The first kappa shape index (κ1) is 45.4. The Labute approximate surface area is 391 Å². The first-order chi connectivity index (χ1) is 32.0. The summed E-state index contributed by atoms with van der Waals surface area (Å²) in [5, 5.41) is 2.44. The molecule has 1 unspecified atom stereocenters. The van der Waals surface area contributed by atoms with Gasteiger partial charge in [0.05, 0.1) is 62.2 Å². The van der Waals surface area contributed by atoms with Crippen molar-refractivity contribution in [2.75, 3.05) is 78.1 Å². The van der Waals surface area contributed by atoms with Crippen LogP contribution in [-0.2, 0) is 22.6 Å². The highest BCUT2D eigenvalue weighted by molar-refractivity contribution is 7.17. The van der Waals surface area contributed by atoms with Crippen LogP contribution in [0, 0.1) is 11.7 Å². The summed E-state index contributed by atoms with van der Waals surface area (Å²) in [6, 6.07) is 17.0. The van der Waals surface area contributed by atoms with Gasteiger partial charge in [-0.1, -0.05) is 11.6 Å². The predicted molar refractivity (Wildman–Crippen MR) is 252 cm³/mol. The van der Waals surface area contributed by atoms with Gasteiger partial charge in [0.2, 0.25) is 0 Å². The standard InChI is InChI=1S/C49H53ClF2N6O7S/c1-60-33-11-9-30(38(20-33)62-3)24-57(25-31-10-12-34(61-2)21-39(31)63-4)41-14-13-40-44(53-41)36(27-66-40)42-37(50)22-35-45(43(42)52)54-48(65-28-49-16-7-18-58(49)26-32(51)23-49)55-46(35)56-17-6-8-29(15-19-56)47(59)64-5/h9-14,20-22,27,29,32H,6-8,15-19,23-26,28H2,1-5H3/t29?,32-,49+/m1/s1. The highest BCUT2D eigenvalue weighted by atomic mass is 35.5. The molecule has 0 spiro atoms. The van der Waals surface area contributed by atoms with Crippen LogP contribution in [0.1, 0.15) is 49.7 Å². The smallest absolute Gasteiger partial charge is 0.319 e. The van der Waals surface area contributed by atoms with Crippen LogP contribution in [0.4, 0.5) is 20.4 Å². The summed E-state index contributed by atoms with van der Waals surface area (Å²) in [5.41, 5.74) is 2.55. The van der Waals surface area contributed by atoms with Crippen molar-refractivity contribution in [3.8, 4) is 40.1 Å². The van der Waals surface area contributed by atoms with Gasteiger partial charge in [-0.25, -0.2) is 13.8 Å². The number of nitrogens with zero attached hydrogens (tertiary/aromatic N) is 6. The summed E-state index contributed by atoms with van der Waals surface area (Å²) >= 11 is 8.63. The molecule has 0 saturated carbocycles. The number of halogens is 3. The van der Waals surface area contributed by atoms with Crippen molar-refractivity contribution >= 4 is 61.7 Å². The lowest BCUT2D eigenvalue weighted by molar-refractivity contribution is -0.145. The normalized spacial score (nSPS) is 19.7. The van der Waals surface area contributed by atoms with Gasteiger partial charge in [0.15, 0.2) is 5.82 Å². The van der Waals surface area contributed by atoms with Gasteiger partial charge in [-0.2, -0.15) is 9.97 Å². The van der Waals surface area contributed by atoms with E-state index in [2.05, 4.69) is 9.80 Å². The molecule has 9 rings (SSSR count). The van der Waals surface area contributed by atoms with Crippen LogP contribution >= 0.6 is 22.9 Å². The molecular weight excluding hydrogens is 890 g/mol. The second-order valence-electron chi connectivity index (χ2n) is 17.2. The predicted octanol–water partition coefficient (Wildman–Crippen LogP) is 9.67. The number of thiophene rings is 1. The molecule has 348 valence electrons. The van der Waals surface area contributed by atoms with E-state index >= 15 is 4.39 Å². The maximum Gasteiger partial charge on any atom is 0.319 e. The number of esters is 1. The van der Waals surface area contributed by atoms with E-state index in [1.807, 2.05) is 58.8 Å². The Kier molecular flexibility index (Phi) is 13.3. The molecule has 6 aromatic rings. The SMILES string of the molecule is COC(=O)C1CCCN(c2nc(OC[C@@]34CCCN3C[C@H](F)C4)nc3c(F)c(-c4csc5ccc(N(Cc6ccc(OC)cc6OC)Cc6ccc(OC)cc6OC)nc45)c(Cl)cc23)CC1. The Morgan fingerprint density at radius 2 is 1.59 bits per heavy atom.